The third-order valence-electron chi connectivity index (χ3n) is 3.08. The Kier molecular flexibility index (Phi) is 6.17. The number of ether oxygens (including phenoxy) is 2. The molecule has 122 valence electrons. The van der Waals surface area contributed by atoms with Crippen LogP contribution in [0.3, 0.4) is 0 Å². The molecule has 0 radical (unpaired) electrons. The first-order valence-electron chi connectivity index (χ1n) is 7.25. The van der Waals surface area contributed by atoms with Crippen LogP contribution < -0.4 is 20.3 Å². The molecule has 0 atom stereocenters. The summed E-state index contributed by atoms with van der Waals surface area (Å²) in [5, 5.41) is 6.67. The van der Waals surface area contributed by atoms with Crippen LogP contribution in [0.25, 0.3) is 0 Å². The highest BCUT2D eigenvalue weighted by Crippen LogP contribution is 2.16. The number of hydrogen-bond donors (Lipinski definition) is 1. The van der Waals surface area contributed by atoms with E-state index >= 15 is 0 Å². The molecule has 0 saturated carbocycles. The zero-order valence-electron chi connectivity index (χ0n) is 12.9. The lowest BCUT2D eigenvalue weighted by Crippen LogP contribution is -2.31. The highest BCUT2D eigenvalue weighted by atomic mass is 16.5. The third-order valence-corrected chi connectivity index (χ3v) is 3.08. The number of nitrogens with one attached hydrogen (secondary N) is 1. The minimum Gasteiger partial charge on any atom is -0.497 e. The van der Waals surface area contributed by atoms with Crippen LogP contribution in [0.2, 0.25) is 0 Å². The number of carbonyl (C=O) groups excluding carboxylic acids is 1. The second-order valence-electron chi connectivity index (χ2n) is 4.75. The molecular weight excluding hydrogens is 298 g/mol. The van der Waals surface area contributed by atoms with Crippen LogP contribution in [0, 0.1) is 0 Å². The molecule has 1 aromatic heterocycles. The average molecular weight is 317 g/mol. The number of aryl methyl sites for hydroxylation is 1. The molecule has 0 spiro atoms. The van der Waals surface area contributed by atoms with E-state index in [2.05, 4.69) is 10.4 Å². The van der Waals surface area contributed by atoms with Crippen molar-refractivity contribution in [3.63, 3.8) is 0 Å². The van der Waals surface area contributed by atoms with E-state index in [4.69, 9.17) is 9.47 Å². The predicted molar refractivity (Wildman–Crippen MR) is 84.6 cm³/mol. The minimum atomic E-state index is -0.214. The van der Waals surface area contributed by atoms with E-state index in [1.807, 2.05) is 0 Å². The molecule has 0 aliphatic carbocycles. The van der Waals surface area contributed by atoms with Crippen LogP contribution >= 0.6 is 0 Å². The maximum atomic E-state index is 11.7. The zero-order chi connectivity index (χ0) is 16.5. The van der Waals surface area contributed by atoms with Crippen LogP contribution in [0.5, 0.6) is 11.5 Å². The van der Waals surface area contributed by atoms with Gasteiger partial charge in [-0.05, 0) is 36.8 Å². The molecule has 1 N–H and O–H groups in total. The molecule has 7 heteroatoms. The summed E-state index contributed by atoms with van der Waals surface area (Å²) in [5.41, 5.74) is -0.151. The number of benzene rings is 1. The number of carbonyl (C=O) groups is 1. The van der Waals surface area contributed by atoms with Crippen molar-refractivity contribution < 1.29 is 14.3 Å². The first-order valence-corrected chi connectivity index (χ1v) is 7.25. The summed E-state index contributed by atoms with van der Waals surface area (Å²) >= 11 is 0. The molecule has 2 rings (SSSR count). The monoisotopic (exact) mass is 317 g/mol. The van der Waals surface area contributed by atoms with Gasteiger partial charge in [-0.2, -0.15) is 5.10 Å². The largest absolute Gasteiger partial charge is 0.497 e. The Balaban J connectivity index is 1.65. The van der Waals surface area contributed by atoms with Gasteiger partial charge >= 0.3 is 0 Å². The van der Waals surface area contributed by atoms with E-state index in [0.717, 1.165) is 5.75 Å². The van der Waals surface area contributed by atoms with Gasteiger partial charge in [0.2, 0.25) is 0 Å². The summed E-state index contributed by atoms with van der Waals surface area (Å²) in [5.74, 6) is 1.11. The molecule has 23 heavy (non-hydrogen) atoms. The van der Waals surface area contributed by atoms with Crippen molar-refractivity contribution in [2.24, 2.45) is 0 Å². The Morgan fingerprint density at radius 3 is 2.65 bits per heavy atom. The van der Waals surface area contributed by atoms with Crippen molar-refractivity contribution in [2.75, 3.05) is 20.3 Å². The second kappa shape index (κ2) is 8.57. The molecule has 1 heterocycles. The Morgan fingerprint density at radius 2 is 1.96 bits per heavy atom. The summed E-state index contributed by atoms with van der Waals surface area (Å²) in [6.07, 6.45) is 2.17. The first-order chi connectivity index (χ1) is 11.2. The highest BCUT2D eigenvalue weighted by Gasteiger charge is 2.03. The fourth-order valence-corrected chi connectivity index (χ4v) is 1.88. The van der Waals surface area contributed by atoms with Gasteiger partial charge in [0.05, 0.1) is 7.11 Å². The number of nitrogens with zero attached hydrogens (tertiary/aromatic N) is 2. The lowest BCUT2D eigenvalue weighted by Gasteiger charge is -2.08. The summed E-state index contributed by atoms with van der Waals surface area (Å²) < 4.78 is 11.8. The number of amides is 1. The van der Waals surface area contributed by atoms with E-state index in [-0.39, 0.29) is 18.1 Å². The summed E-state index contributed by atoms with van der Waals surface area (Å²) in [6, 6.07) is 10.0. The van der Waals surface area contributed by atoms with E-state index in [1.54, 1.807) is 43.6 Å². The topological polar surface area (TPSA) is 82.4 Å². The molecule has 0 aliphatic heterocycles. The van der Waals surface area contributed by atoms with Gasteiger partial charge in [0.1, 0.15) is 11.5 Å². The third kappa shape index (κ3) is 5.46. The first kappa shape index (κ1) is 16.5. The van der Waals surface area contributed by atoms with E-state index in [1.165, 1.54) is 10.7 Å². The number of methoxy groups -OCH3 is 1. The maximum Gasteiger partial charge on any atom is 0.266 e. The summed E-state index contributed by atoms with van der Waals surface area (Å²) in [7, 11) is 1.59. The van der Waals surface area contributed by atoms with Gasteiger partial charge in [0, 0.05) is 25.4 Å². The van der Waals surface area contributed by atoms with E-state index < -0.39 is 0 Å². The maximum absolute atomic E-state index is 11.7. The number of hydrogen-bond acceptors (Lipinski definition) is 5. The van der Waals surface area contributed by atoms with Crippen molar-refractivity contribution >= 4 is 5.91 Å². The lowest BCUT2D eigenvalue weighted by molar-refractivity contribution is -0.123. The van der Waals surface area contributed by atoms with Crippen LogP contribution in [0.4, 0.5) is 0 Å². The Labute approximate surface area is 133 Å². The van der Waals surface area contributed by atoms with Crippen LogP contribution in [-0.4, -0.2) is 35.9 Å². The van der Waals surface area contributed by atoms with Crippen LogP contribution in [0.15, 0.2) is 47.4 Å². The molecule has 0 bridgehead atoms. The van der Waals surface area contributed by atoms with Gasteiger partial charge in [0.25, 0.3) is 11.5 Å². The van der Waals surface area contributed by atoms with Gasteiger partial charge < -0.3 is 14.8 Å². The molecule has 0 saturated heterocycles. The van der Waals surface area contributed by atoms with Crippen LogP contribution in [0.1, 0.15) is 6.42 Å². The predicted octanol–water partition coefficient (Wildman–Crippen LogP) is 0.837. The fraction of sp³-hybridized carbons (Fsp3) is 0.312. The Bertz CT molecular complexity index is 682. The normalized spacial score (nSPS) is 10.1. The smallest absolute Gasteiger partial charge is 0.266 e. The fourth-order valence-electron chi connectivity index (χ4n) is 1.88. The summed E-state index contributed by atoms with van der Waals surface area (Å²) in [4.78, 5) is 23.1. The zero-order valence-corrected chi connectivity index (χ0v) is 12.9. The number of aromatic nitrogens is 2. The number of rotatable bonds is 8. The molecule has 1 aromatic carbocycles. The standard InChI is InChI=1S/C16H19N3O4/c1-22-13-5-7-14(8-6-13)23-12-15(20)17-9-3-11-19-16(21)4-2-10-18-19/h2,4-8,10H,3,9,11-12H2,1H3,(H,17,20). The second-order valence-corrected chi connectivity index (χ2v) is 4.75. The average Bonchev–Trinajstić information content (AvgIpc) is 2.59. The molecule has 0 aliphatic rings. The van der Waals surface area contributed by atoms with Crippen molar-refractivity contribution in [3.8, 4) is 11.5 Å². The quantitative estimate of drug-likeness (QED) is 0.730. The van der Waals surface area contributed by atoms with Gasteiger partial charge in [0.15, 0.2) is 6.61 Å². The molecule has 0 unspecified atom stereocenters. The minimum absolute atomic E-state index is 0.0597. The van der Waals surface area contributed by atoms with E-state index in [9.17, 15) is 9.59 Å². The molecule has 7 nitrogen and oxygen atoms in total. The van der Waals surface area contributed by atoms with Crippen molar-refractivity contribution in [1.29, 1.82) is 0 Å². The van der Waals surface area contributed by atoms with E-state index in [0.29, 0.717) is 25.3 Å². The van der Waals surface area contributed by atoms with Crippen molar-refractivity contribution in [3.05, 3.63) is 52.9 Å². The lowest BCUT2D eigenvalue weighted by atomic mass is 10.3. The van der Waals surface area contributed by atoms with Gasteiger partial charge in [-0.1, -0.05) is 0 Å². The highest BCUT2D eigenvalue weighted by molar-refractivity contribution is 5.77. The SMILES string of the molecule is COc1ccc(OCC(=O)NCCCn2ncccc2=O)cc1. The van der Waals surface area contributed by atoms with Gasteiger partial charge in [-0.15, -0.1) is 0 Å². The molecule has 2 aromatic rings. The molecular formula is C16H19N3O4. The van der Waals surface area contributed by atoms with Gasteiger partial charge in [-0.3, -0.25) is 9.59 Å². The molecule has 0 fully saturated rings. The van der Waals surface area contributed by atoms with Crippen molar-refractivity contribution in [2.45, 2.75) is 13.0 Å². The van der Waals surface area contributed by atoms with Crippen LogP contribution in [-0.2, 0) is 11.3 Å². The van der Waals surface area contributed by atoms with Crippen molar-refractivity contribution in [1.82, 2.24) is 15.1 Å². The summed E-state index contributed by atoms with van der Waals surface area (Å²) in [6.45, 7) is 0.850. The van der Waals surface area contributed by atoms with Gasteiger partial charge in [-0.25, -0.2) is 4.68 Å². The molecule has 1 amide bonds. The Morgan fingerprint density at radius 1 is 1.22 bits per heavy atom. The Hall–Kier alpha value is -2.83.